The predicted molar refractivity (Wildman–Crippen MR) is 110 cm³/mol. The lowest BCUT2D eigenvalue weighted by Crippen LogP contribution is -2.34. The quantitative estimate of drug-likeness (QED) is 0.630. The van der Waals surface area contributed by atoms with Crippen molar-refractivity contribution in [2.45, 2.75) is 6.04 Å². The number of rotatable bonds is 8. The Morgan fingerprint density at radius 2 is 1.79 bits per heavy atom. The van der Waals surface area contributed by atoms with Crippen LogP contribution in [-0.4, -0.2) is 50.8 Å². The first-order chi connectivity index (χ1) is 14.0. The van der Waals surface area contributed by atoms with Crippen molar-refractivity contribution in [1.82, 2.24) is 15.4 Å². The highest BCUT2D eigenvalue weighted by atomic mass is 16.5. The monoisotopic (exact) mass is 395 g/mol. The second-order valence-electron chi connectivity index (χ2n) is 6.75. The fourth-order valence-corrected chi connectivity index (χ4v) is 3.06. The van der Waals surface area contributed by atoms with Crippen molar-refractivity contribution in [1.29, 1.82) is 0 Å². The van der Waals surface area contributed by atoms with E-state index in [2.05, 4.69) is 10.5 Å². The molecule has 0 unspecified atom stereocenters. The molecule has 0 fully saturated rings. The number of amides is 1. The van der Waals surface area contributed by atoms with E-state index in [-0.39, 0.29) is 17.6 Å². The summed E-state index contributed by atoms with van der Waals surface area (Å²) in [5.41, 5.74) is 2.11. The Kier molecular flexibility index (Phi) is 6.51. The molecular formula is C22H25N3O4. The molecule has 3 aromatic rings. The minimum absolute atomic E-state index is 0.0562. The first kappa shape index (κ1) is 20.4. The van der Waals surface area contributed by atoms with Crippen molar-refractivity contribution < 1.29 is 18.8 Å². The minimum Gasteiger partial charge on any atom is -0.493 e. The molecule has 0 bridgehead atoms. The second-order valence-corrected chi connectivity index (χ2v) is 6.75. The number of hydrogen-bond donors (Lipinski definition) is 1. The van der Waals surface area contributed by atoms with Crippen LogP contribution in [0, 0.1) is 0 Å². The molecule has 0 aliphatic rings. The van der Waals surface area contributed by atoms with Crippen molar-refractivity contribution in [2.75, 3.05) is 34.9 Å². The van der Waals surface area contributed by atoms with Crippen molar-refractivity contribution in [2.24, 2.45) is 0 Å². The normalized spacial score (nSPS) is 11.9. The fraction of sp³-hybridized carbons (Fsp3) is 0.273. The minimum atomic E-state index is -0.289. The number of carbonyl (C=O) groups excluding carboxylic acids is 1. The summed E-state index contributed by atoms with van der Waals surface area (Å²) in [7, 11) is 7.11. The van der Waals surface area contributed by atoms with Gasteiger partial charge in [-0.2, -0.15) is 0 Å². The van der Waals surface area contributed by atoms with E-state index < -0.39 is 0 Å². The van der Waals surface area contributed by atoms with Gasteiger partial charge in [0.05, 0.1) is 20.3 Å². The Labute approximate surface area is 170 Å². The van der Waals surface area contributed by atoms with Gasteiger partial charge in [0.15, 0.2) is 23.0 Å². The molecule has 1 amide bonds. The van der Waals surface area contributed by atoms with Gasteiger partial charge in [-0.25, -0.2) is 0 Å². The van der Waals surface area contributed by atoms with Gasteiger partial charge < -0.3 is 24.2 Å². The van der Waals surface area contributed by atoms with Gasteiger partial charge in [0.25, 0.3) is 5.91 Å². The lowest BCUT2D eigenvalue weighted by Gasteiger charge is -2.25. The number of aromatic nitrogens is 1. The molecule has 0 spiro atoms. The van der Waals surface area contributed by atoms with E-state index in [1.165, 1.54) is 0 Å². The van der Waals surface area contributed by atoms with Crippen LogP contribution in [0.1, 0.15) is 22.1 Å². The van der Waals surface area contributed by atoms with Crippen LogP contribution in [-0.2, 0) is 0 Å². The molecule has 7 nitrogen and oxygen atoms in total. The number of ether oxygens (including phenoxy) is 2. The number of likely N-dealkylation sites (N-methyl/N-ethyl adjacent to an activating group) is 1. The molecule has 29 heavy (non-hydrogen) atoms. The lowest BCUT2D eigenvalue weighted by atomic mass is 10.0. The molecule has 0 saturated carbocycles. The van der Waals surface area contributed by atoms with E-state index in [4.69, 9.17) is 14.0 Å². The molecule has 1 heterocycles. The Hall–Kier alpha value is -3.32. The standard InChI is InChI=1S/C22H25N3O4/c1-25(2)18(16-10-11-19(27-3)21(12-16)28-4)14-23-22(26)17-13-20(29-24-17)15-8-6-5-7-9-15/h5-13,18H,14H2,1-4H3,(H,23,26)/t18-/m1/s1. The maximum atomic E-state index is 12.6. The van der Waals surface area contributed by atoms with Crippen LogP contribution in [0.5, 0.6) is 11.5 Å². The van der Waals surface area contributed by atoms with E-state index in [0.29, 0.717) is 23.8 Å². The zero-order valence-corrected chi connectivity index (χ0v) is 17.0. The molecule has 0 aliphatic carbocycles. The average molecular weight is 395 g/mol. The van der Waals surface area contributed by atoms with Crippen molar-refractivity contribution in [3.8, 4) is 22.8 Å². The van der Waals surface area contributed by atoms with Gasteiger partial charge in [0.1, 0.15) is 0 Å². The number of benzene rings is 2. The van der Waals surface area contributed by atoms with Crippen LogP contribution in [0.2, 0.25) is 0 Å². The predicted octanol–water partition coefficient (Wildman–Crippen LogP) is 3.39. The highest BCUT2D eigenvalue weighted by Crippen LogP contribution is 2.31. The molecule has 152 valence electrons. The molecule has 2 aromatic carbocycles. The summed E-state index contributed by atoms with van der Waals surface area (Å²) in [4.78, 5) is 14.6. The third-order valence-electron chi connectivity index (χ3n) is 4.67. The van der Waals surface area contributed by atoms with Crippen LogP contribution in [0.15, 0.2) is 59.1 Å². The summed E-state index contributed by atoms with van der Waals surface area (Å²) in [6.45, 7) is 0.398. The Bertz CT molecular complexity index is 954. The highest BCUT2D eigenvalue weighted by Gasteiger charge is 2.20. The molecule has 7 heteroatoms. The summed E-state index contributed by atoms with van der Waals surface area (Å²) in [6.07, 6.45) is 0. The van der Waals surface area contributed by atoms with Crippen LogP contribution < -0.4 is 14.8 Å². The van der Waals surface area contributed by atoms with Gasteiger partial charge in [0, 0.05) is 18.2 Å². The van der Waals surface area contributed by atoms with Gasteiger partial charge in [0.2, 0.25) is 0 Å². The van der Waals surface area contributed by atoms with E-state index in [1.807, 2.05) is 67.5 Å². The number of methoxy groups -OCH3 is 2. The van der Waals surface area contributed by atoms with E-state index in [9.17, 15) is 4.79 Å². The maximum Gasteiger partial charge on any atom is 0.273 e. The lowest BCUT2D eigenvalue weighted by molar-refractivity contribution is 0.0933. The summed E-state index contributed by atoms with van der Waals surface area (Å²) in [5, 5.41) is 6.84. The fourth-order valence-electron chi connectivity index (χ4n) is 3.06. The molecule has 0 saturated heterocycles. The number of nitrogens with one attached hydrogen (secondary N) is 1. The molecular weight excluding hydrogens is 370 g/mol. The summed E-state index contributed by atoms with van der Waals surface area (Å²) < 4.78 is 16.0. The van der Waals surface area contributed by atoms with Crippen LogP contribution >= 0.6 is 0 Å². The molecule has 0 radical (unpaired) electrons. The van der Waals surface area contributed by atoms with Crippen LogP contribution in [0.25, 0.3) is 11.3 Å². The zero-order valence-electron chi connectivity index (χ0n) is 17.0. The first-order valence-electron chi connectivity index (χ1n) is 9.22. The Balaban J connectivity index is 1.71. The van der Waals surface area contributed by atoms with Crippen molar-refractivity contribution in [3.05, 3.63) is 65.9 Å². The number of carbonyl (C=O) groups is 1. The van der Waals surface area contributed by atoms with E-state index in [1.54, 1.807) is 20.3 Å². The van der Waals surface area contributed by atoms with Gasteiger partial charge >= 0.3 is 0 Å². The van der Waals surface area contributed by atoms with Gasteiger partial charge in [-0.05, 0) is 31.8 Å². The topological polar surface area (TPSA) is 76.8 Å². The SMILES string of the molecule is COc1ccc([C@@H](CNC(=O)c2cc(-c3ccccc3)on2)N(C)C)cc1OC. The second kappa shape index (κ2) is 9.25. The maximum absolute atomic E-state index is 12.6. The molecule has 1 aromatic heterocycles. The van der Waals surface area contributed by atoms with E-state index in [0.717, 1.165) is 11.1 Å². The first-order valence-corrected chi connectivity index (χ1v) is 9.22. The Morgan fingerprint density at radius 3 is 2.45 bits per heavy atom. The van der Waals surface area contributed by atoms with Gasteiger partial charge in [-0.3, -0.25) is 4.79 Å². The summed E-state index contributed by atoms with van der Waals surface area (Å²) in [6, 6.07) is 16.9. The smallest absolute Gasteiger partial charge is 0.273 e. The van der Waals surface area contributed by atoms with Gasteiger partial charge in [-0.1, -0.05) is 41.6 Å². The largest absolute Gasteiger partial charge is 0.493 e. The van der Waals surface area contributed by atoms with Crippen molar-refractivity contribution >= 4 is 5.91 Å². The Morgan fingerprint density at radius 1 is 1.07 bits per heavy atom. The zero-order chi connectivity index (χ0) is 20.8. The number of nitrogens with zero attached hydrogens (tertiary/aromatic N) is 2. The average Bonchev–Trinajstić information content (AvgIpc) is 3.24. The molecule has 1 N–H and O–H groups in total. The summed E-state index contributed by atoms with van der Waals surface area (Å²) in [5.74, 6) is 1.57. The third-order valence-corrected chi connectivity index (χ3v) is 4.67. The van der Waals surface area contributed by atoms with Crippen LogP contribution in [0.4, 0.5) is 0 Å². The summed E-state index contributed by atoms with van der Waals surface area (Å²) >= 11 is 0. The highest BCUT2D eigenvalue weighted by molar-refractivity contribution is 5.93. The molecule has 0 aliphatic heterocycles. The van der Waals surface area contributed by atoms with Crippen molar-refractivity contribution in [3.63, 3.8) is 0 Å². The van der Waals surface area contributed by atoms with E-state index >= 15 is 0 Å². The van der Waals surface area contributed by atoms with Crippen LogP contribution in [0.3, 0.4) is 0 Å². The third kappa shape index (κ3) is 4.75. The van der Waals surface area contributed by atoms with Gasteiger partial charge in [-0.15, -0.1) is 0 Å². The number of hydrogen-bond acceptors (Lipinski definition) is 6. The molecule has 3 rings (SSSR count). The molecule has 1 atom stereocenters.